The lowest BCUT2D eigenvalue weighted by atomic mass is 10.3. The third-order valence-corrected chi connectivity index (χ3v) is 2.32. The zero-order chi connectivity index (χ0) is 11.6. The zero-order valence-electron chi connectivity index (χ0n) is 11.9. The Hall–Kier alpha value is 1.34. The predicted molar refractivity (Wildman–Crippen MR) is 60.9 cm³/mol. The minimum atomic E-state index is 0. The van der Waals surface area contributed by atoms with Gasteiger partial charge in [-0.3, -0.25) is 0 Å². The first-order valence-electron chi connectivity index (χ1n) is 5.29. The van der Waals surface area contributed by atoms with E-state index in [1.54, 1.807) is 0 Å². The normalized spacial score (nSPS) is 15.8. The van der Waals surface area contributed by atoms with Crippen LogP contribution in [0.25, 0.3) is 0 Å². The van der Waals surface area contributed by atoms with Crippen LogP contribution in [-0.4, -0.2) is 70.1 Å². The number of likely N-dealkylation sites (N-methyl/N-ethyl adjacent to an activating group) is 1. The molecule has 0 aliphatic heterocycles. The van der Waals surface area contributed by atoms with Crippen molar-refractivity contribution in [2.75, 3.05) is 48.8 Å². The maximum absolute atomic E-state index is 5.95. The molecule has 0 amide bonds. The zero-order valence-corrected chi connectivity index (χ0v) is 16.2. The molecule has 0 radical (unpaired) electrons. The van der Waals surface area contributed by atoms with Gasteiger partial charge in [0.1, 0.15) is 12.6 Å². The van der Waals surface area contributed by atoms with Gasteiger partial charge >= 0.3 is 0 Å². The summed E-state index contributed by atoms with van der Waals surface area (Å²) in [7, 11) is 13.0. The van der Waals surface area contributed by atoms with Crippen molar-refractivity contribution >= 4 is 0 Å². The second-order valence-electron chi connectivity index (χ2n) is 6.14. The van der Waals surface area contributed by atoms with Crippen LogP contribution in [0, 0.1) is 0 Å². The molecule has 0 aromatic rings. The van der Waals surface area contributed by atoms with E-state index in [-0.39, 0.29) is 54.2 Å². The smallest absolute Gasteiger partial charge is 0.190 e. The van der Waals surface area contributed by atoms with E-state index < -0.39 is 0 Å². The summed E-state index contributed by atoms with van der Waals surface area (Å²) in [6, 6.07) is 0. The van der Waals surface area contributed by atoms with Crippen LogP contribution >= 0.6 is 0 Å². The number of halogens is 2. The second kappa shape index (κ2) is 8.44. The minimum Gasteiger partial charge on any atom is -1.00 e. The first kappa shape index (κ1) is 22.5. The summed E-state index contributed by atoms with van der Waals surface area (Å²) in [4.78, 5) is 0. The van der Waals surface area contributed by atoms with Gasteiger partial charge in [-0.2, -0.15) is 0 Å². The van der Waals surface area contributed by atoms with Crippen LogP contribution in [0.2, 0.25) is 0 Å². The molecule has 5 heteroatoms. The molecular formula is C11H28I2N2O. The summed E-state index contributed by atoms with van der Waals surface area (Å²) in [6.07, 6.45) is 0.555. The van der Waals surface area contributed by atoms with Crippen molar-refractivity contribution in [3.63, 3.8) is 0 Å². The highest BCUT2D eigenvalue weighted by Crippen LogP contribution is 2.08. The molecule has 0 fully saturated rings. The Morgan fingerprint density at radius 2 is 1.25 bits per heavy atom. The molecule has 0 aliphatic rings. The molecule has 0 bridgehead atoms. The van der Waals surface area contributed by atoms with E-state index in [1.165, 1.54) is 0 Å². The van der Waals surface area contributed by atoms with Crippen molar-refractivity contribution in [3.8, 4) is 0 Å². The molecule has 16 heavy (non-hydrogen) atoms. The van der Waals surface area contributed by atoms with Crippen LogP contribution in [0.5, 0.6) is 0 Å². The number of hydrogen-bond donors (Lipinski definition) is 0. The maximum Gasteiger partial charge on any atom is 0.190 e. The molecule has 0 rings (SSSR count). The molecular weight excluding hydrogens is 430 g/mol. The molecule has 0 aromatic carbocycles. The van der Waals surface area contributed by atoms with Gasteiger partial charge in [0.15, 0.2) is 6.23 Å². The van der Waals surface area contributed by atoms with E-state index in [1.807, 2.05) is 0 Å². The van der Waals surface area contributed by atoms with Gasteiger partial charge in [0.25, 0.3) is 0 Å². The third-order valence-electron chi connectivity index (χ3n) is 2.32. The molecule has 0 spiro atoms. The molecule has 102 valence electrons. The van der Waals surface area contributed by atoms with E-state index in [0.717, 1.165) is 15.5 Å². The van der Waals surface area contributed by atoms with Gasteiger partial charge in [0.2, 0.25) is 0 Å². The molecule has 2 atom stereocenters. The van der Waals surface area contributed by atoms with Crippen LogP contribution < -0.4 is 48.0 Å². The lowest BCUT2D eigenvalue weighted by Gasteiger charge is -2.34. The van der Waals surface area contributed by atoms with E-state index in [9.17, 15) is 0 Å². The van der Waals surface area contributed by atoms with Crippen LogP contribution in [0.3, 0.4) is 0 Å². The largest absolute Gasteiger partial charge is 1.00 e. The van der Waals surface area contributed by atoms with Crippen LogP contribution in [-0.2, 0) is 4.74 Å². The van der Waals surface area contributed by atoms with Gasteiger partial charge in [-0.25, -0.2) is 0 Å². The topological polar surface area (TPSA) is 9.23 Å². The average Bonchev–Trinajstić information content (AvgIpc) is 1.79. The predicted octanol–water partition coefficient (Wildman–Crippen LogP) is -4.84. The summed E-state index contributed by atoms with van der Waals surface area (Å²) >= 11 is 0. The first-order chi connectivity index (χ1) is 6.02. The van der Waals surface area contributed by atoms with Crippen molar-refractivity contribution in [2.24, 2.45) is 0 Å². The van der Waals surface area contributed by atoms with Gasteiger partial charge in [0, 0.05) is 6.92 Å². The van der Waals surface area contributed by atoms with Crippen LogP contribution in [0.4, 0.5) is 0 Å². The number of rotatable bonds is 5. The standard InChI is InChI=1S/C11H28N2O.2HI/c1-10(9-12(3,4)5)14-11(2)13(6,7)8;;/h10-11H,9H2,1-8H3;2*1H/q+2;;/p-2. The van der Waals surface area contributed by atoms with Gasteiger partial charge < -0.3 is 61.7 Å². The quantitative estimate of drug-likeness (QED) is 0.229. The Balaban J connectivity index is -0.000000845. The highest BCUT2D eigenvalue weighted by atomic mass is 127. The Bertz CT molecular complexity index is 176. The van der Waals surface area contributed by atoms with Gasteiger partial charge in [0.05, 0.1) is 42.3 Å². The fraction of sp³-hybridized carbons (Fsp3) is 1.00. The van der Waals surface area contributed by atoms with Crippen molar-refractivity contribution in [1.82, 2.24) is 0 Å². The molecule has 2 unspecified atom stereocenters. The fourth-order valence-corrected chi connectivity index (χ4v) is 1.33. The summed E-state index contributed by atoms with van der Waals surface area (Å²) in [5, 5.41) is 0. The summed E-state index contributed by atoms with van der Waals surface area (Å²) in [6.45, 7) is 5.33. The Morgan fingerprint density at radius 1 is 0.875 bits per heavy atom. The highest BCUT2D eigenvalue weighted by Gasteiger charge is 2.23. The summed E-state index contributed by atoms with van der Waals surface area (Å²) in [5.74, 6) is 0. The van der Waals surface area contributed by atoms with Crippen molar-refractivity contribution < 1.29 is 61.7 Å². The number of hydrogen-bond acceptors (Lipinski definition) is 1. The summed E-state index contributed by atoms with van der Waals surface area (Å²) < 4.78 is 7.75. The first-order valence-corrected chi connectivity index (χ1v) is 5.29. The Labute approximate surface area is 136 Å². The Kier molecular flexibility index (Phi) is 11.9. The third kappa shape index (κ3) is 11.8. The molecule has 0 aliphatic carbocycles. The fourth-order valence-electron chi connectivity index (χ4n) is 1.33. The highest BCUT2D eigenvalue weighted by molar-refractivity contribution is 4.47. The minimum absolute atomic E-state index is 0. The number of nitrogens with zero attached hydrogens (tertiary/aromatic N) is 2. The Morgan fingerprint density at radius 3 is 1.50 bits per heavy atom. The lowest BCUT2D eigenvalue weighted by molar-refractivity contribution is -0.922. The van der Waals surface area contributed by atoms with Gasteiger partial charge in [-0.05, 0) is 6.92 Å². The van der Waals surface area contributed by atoms with Crippen molar-refractivity contribution in [1.29, 1.82) is 0 Å². The molecule has 0 heterocycles. The lowest BCUT2D eigenvalue weighted by Crippen LogP contribution is -3.00. The molecule has 0 N–H and O–H groups in total. The average molecular weight is 458 g/mol. The molecule has 0 aromatic heterocycles. The number of quaternary nitrogens is 2. The van der Waals surface area contributed by atoms with E-state index in [2.05, 4.69) is 56.1 Å². The van der Waals surface area contributed by atoms with E-state index >= 15 is 0 Å². The number of ether oxygens (including phenoxy) is 1. The summed E-state index contributed by atoms with van der Waals surface area (Å²) in [5.41, 5.74) is 0. The van der Waals surface area contributed by atoms with Crippen molar-refractivity contribution in [3.05, 3.63) is 0 Å². The molecule has 3 nitrogen and oxygen atoms in total. The van der Waals surface area contributed by atoms with Crippen molar-refractivity contribution in [2.45, 2.75) is 26.2 Å². The van der Waals surface area contributed by atoms with E-state index in [4.69, 9.17) is 4.74 Å². The van der Waals surface area contributed by atoms with Gasteiger partial charge in [-0.1, -0.05) is 0 Å². The molecule has 0 saturated heterocycles. The monoisotopic (exact) mass is 458 g/mol. The second-order valence-corrected chi connectivity index (χ2v) is 6.14. The van der Waals surface area contributed by atoms with Gasteiger partial charge in [-0.15, -0.1) is 0 Å². The SMILES string of the molecule is CC(C[N+](C)(C)C)OC(C)[N+](C)(C)C.[I-].[I-]. The van der Waals surface area contributed by atoms with Crippen LogP contribution in [0.15, 0.2) is 0 Å². The molecule has 0 saturated carbocycles. The van der Waals surface area contributed by atoms with E-state index in [0.29, 0.717) is 6.10 Å². The van der Waals surface area contributed by atoms with Crippen LogP contribution in [0.1, 0.15) is 13.8 Å². The maximum atomic E-state index is 5.95.